The second-order valence-corrected chi connectivity index (χ2v) is 11.4. The van der Waals surface area contributed by atoms with Crippen molar-refractivity contribution in [3.05, 3.63) is 0 Å². The predicted octanol–water partition coefficient (Wildman–Crippen LogP) is 3.49. The van der Waals surface area contributed by atoms with E-state index in [2.05, 4.69) is 22.6 Å². The average Bonchev–Trinajstić information content (AvgIpc) is 3.45. The molecule has 0 aromatic rings. The molecule has 0 bridgehead atoms. The van der Waals surface area contributed by atoms with Crippen LogP contribution in [0.3, 0.4) is 0 Å². The van der Waals surface area contributed by atoms with Crippen molar-refractivity contribution in [2.45, 2.75) is 77.7 Å². The number of ether oxygens (including phenoxy) is 1. The molecule has 34 heavy (non-hydrogen) atoms. The van der Waals surface area contributed by atoms with Crippen molar-refractivity contribution >= 4 is 23.2 Å². The Bertz CT molecular complexity index is 882. The number of nitrogens with one attached hydrogen (secondary N) is 1. The zero-order valence-corrected chi connectivity index (χ0v) is 20.8. The van der Waals surface area contributed by atoms with Crippen LogP contribution in [0.15, 0.2) is 10.3 Å². The quantitative estimate of drug-likeness (QED) is 0.485. The van der Waals surface area contributed by atoms with E-state index >= 15 is 0 Å². The number of oxime groups is 2. The number of hydrogen-bond acceptors (Lipinski definition) is 8. The number of carbonyl (C=O) groups is 2. The minimum absolute atomic E-state index is 0.104. The topological polar surface area (TPSA) is 98.6 Å². The lowest BCUT2D eigenvalue weighted by Gasteiger charge is -2.60. The normalized spacial score (nSPS) is 43.9. The zero-order chi connectivity index (χ0) is 23.9. The molecule has 5 rings (SSSR count). The van der Waals surface area contributed by atoms with Crippen molar-refractivity contribution in [3.8, 4) is 0 Å². The number of fused-ring (bicyclic) bond motifs is 5. The van der Waals surface area contributed by atoms with Crippen molar-refractivity contribution in [2.24, 2.45) is 44.8 Å². The van der Waals surface area contributed by atoms with E-state index in [9.17, 15) is 9.59 Å². The summed E-state index contributed by atoms with van der Waals surface area (Å²) in [6.07, 6.45) is 8.02. The molecule has 8 nitrogen and oxygen atoms in total. The first-order valence-corrected chi connectivity index (χ1v) is 13.1. The third kappa shape index (κ3) is 3.95. The molecule has 1 saturated heterocycles. The van der Waals surface area contributed by atoms with Gasteiger partial charge in [-0.1, -0.05) is 17.2 Å². The molecule has 0 aromatic carbocycles. The largest absolute Gasteiger partial charge is 0.465 e. The summed E-state index contributed by atoms with van der Waals surface area (Å²) >= 11 is 0. The van der Waals surface area contributed by atoms with Crippen LogP contribution in [0.4, 0.5) is 0 Å². The lowest BCUT2D eigenvalue weighted by molar-refractivity contribution is -0.155. The maximum atomic E-state index is 12.9. The van der Waals surface area contributed by atoms with Gasteiger partial charge in [-0.3, -0.25) is 9.59 Å². The number of hydrogen-bond donors (Lipinski definition) is 1. The van der Waals surface area contributed by atoms with Gasteiger partial charge in [0.05, 0.1) is 18.0 Å². The summed E-state index contributed by atoms with van der Waals surface area (Å²) in [6.45, 7) is 5.88. The van der Waals surface area contributed by atoms with Crippen molar-refractivity contribution in [1.29, 1.82) is 0 Å². The molecule has 0 radical (unpaired) electrons. The van der Waals surface area contributed by atoms with Crippen LogP contribution in [0.5, 0.6) is 0 Å². The van der Waals surface area contributed by atoms with Gasteiger partial charge in [0.25, 0.3) is 0 Å². The van der Waals surface area contributed by atoms with E-state index in [-0.39, 0.29) is 28.8 Å². The van der Waals surface area contributed by atoms with E-state index in [4.69, 9.17) is 14.4 Å². The highest BCUT2D eigenvalue weighted by atomic mass is 16.6. The van der Waals surface area contributed by atoms with Crippen LogP contribution in [0, 0.1) is 34.5 Å². The molecule has 4 aliphatic carbocycles. The molecule has 1 N–H and O–H groups in total. The Morgan fingerprint density at radius 1 is 1.12 bits per heavy atom. The maximum Gasteiger partial charge on any atom is 0.302 e. The summed E-state index contributed by atoms with van der Waals surface area (Å²) in [7, 11) is 1.60. The number of carbonyl (C=O) groups excluding carboxylic acids is 2. The van der Waals surface area contributed by atoms with Crippen LogP contribution >= 0.6 is 0 Å². The fourth-order valence-electron chi connectivity index (χ4n) is 8.11. The van der Waals surface area contributed by atoms with Gasteiger partial charge >= 0.3 is 5.97 Å². The van der Waals surface area contributed by atoms with Gasteiger partial charge in [0, 0.05) is 43.1 Å². The monoisotopic (exact) mass is 473 g/mol. The lowest BCUT2D eigenvalue weighted by atomic mass is 9.44. The molecule has 0 spiro atoms. The first-order chi connectivity index (χ1) is 16.4. The third-order valence-corrected chi connectivity index (χ3v) is 9.84. The molecule has 5 aliphatic rings. The number of Topliss-reactive ketones (excluding diaryl/α,β-unsaturated/α-hetero) is 1. The van der Waals surface area contributed by atoms with Gasteiger partial charge < -0.3 is 19.7 Å². The van der Waals surface area contributed by atoms with Crippen LogP contribution in [-0.4, -0.2) is 56.1 Å². The fourth-order valence-corrected chi connectivity index (χ4v) is 8.11. The Hall–Kier alpha value is -1.96. The molecule has 0 amide bonds. The summed E-state index contributed by atoms with van der Waals surface area (Å²) in [5.41, 5.74) is 1.68. The zero-order valence-electron chi connectivity index (χ0n) is 20.8. The van der Waals surface area contributed by atoms with Gasteiger partial charge in [-0.25, -0.2) is 0 Å². The van der Waals surface area contributed by atoms with Crippen LogP contribution in [-0.2, 0) is 24.0 Å². The molecule has 7 atom stereocenters. The van der Waals surface area contributed by atoms with Crippen LogP contribution < -0.4 is 5.32 Å². The molecule has 188 valence electrons. The second kappa shape index (κ2) is 9.25. The van der Waals surface area contributed by atoms with Crippen molar-refractivity contribution in [2.75, 3.05) is 26.8 Å². The summed E-state index contributed by atoms with van der Waals surface area (Å²) in [5.74, 6) is 1.42. The minimum atomic E-state index is -0.242. The lowest BCUT2D eigenvalue weighted by Crippen LogP contribution is -2.59. The van der Waals surface area contributed by atoms with Crippen LogP contribution in [0.25, 0.3) is 0 Å². The number of esters is 1. The van der Waals surface area contributed by atoms with Crippen molar-refractivity contribution in [3.63, 3.8) is 0 Å². The van der Waals surface area contributed by atoms with Gasteiger partial charge in [0.2, 0.25) is 0 Å². The van der Waals surface area contributed by atoms with Gasteiger partial charge in [0.1, 0.15) is 19.0 Å². The van der Waals surface area contributed by atoms with Crippen LogP contribution in [0.1, 0.15) is 71.6 Å². The van der Waals surface area contributed by atoms with Gasteiger partial charge in [0.15, 0.2) is 0 Å². The van der Waals surface area contributed by atoms with Gasteiger partial charge in [-0.2, -0.15) is 0 Å². The van der Waals surface area contributed by atoms with E-state index < -0.39 is 0 Å². The molecule has 4 saturated carbocycles. The minimum Gasteiger partial charge on any atom is -0.465 e. The first kappa shape index (κ1) is 23.8. The summed E-state index contributed by atoms with van der Waals surface area (Å²) in [5, 5.41) is 12.4. The smallest absolute Gasteiger partial charge is 0.302 e. The highest BCUT2D eigenvalue weighted by molar-refractivity contribution is 5.96. The summed E-state index contributed by atoms with van der Waals surface area (Å²) < 4.78 is 5.77. The number of nitrogens with zero attached hydrogens (tertiary/aromatic N) is 2. The average molecular weight is 474 g/mol. The Morgan fingerprint density at radius 3 is 2.71 bits per heavy atom. The first-order valence-electron chi connectivity index (χ1n) is 13.1. The third-order valence-electron chi connectivity index (χ3n) is 9.84. The summed E-state index contributed by atoms with van der Waals surface area (Å²) in [4.78, 5) is 36.0. The van der Waals surface area contributed by atoms with Gasteiger partial charge in [-0.05, 0) is 69.2 Å². The second-order valence-electron chi connectivity index (χ2n) is 11.4. The van der Waals surface area contributed by atoms with E-state index in [1.807, 2.05) is 0 Å². The molecule has 0 aromatic heterocycles. The maximum absolute atomic E-state index is 12.9. The Balaban J connectivity index is 1.47. The molecular formula is C26H39N3O5. The Labute approximate surface area is 202 Å². The van der Waals surface area contributed by atoms with E-state index in [0.717, 1.165) is 75.9 Å². The van der Waals surface area contributed by atoms with Crippen molar-refractivity contribution in [1.82, 2.24) is 5.32 Å². The fraction of sp³-hybridized carbons (Fsp3) is 0.846. The standard InChI is InChI=1S/C26H39N3O5/c1-16(30)33-15-26-10-6-17(28-34-18-8-11-27-14-18)12-22(26)23(29-32-3)13-19-20-4-5-24(31)25(20,2)9-7-21(19)26/h18-22,27H,4-15H2,1-3H3/b28-17-,29-23-. The highest BCUT2D eigenvalue weighted by Gasteiger charge is 2.63. The van der Waals surface area contributed by atoms with E-state index in [0.29, 0.717) is 36.6 Å². The SMILES string of the molecule is CO/N=C1/CC2C3CCC(=O)C3(C)CCC2C2(COC(C)=O)CC/C(=N/OC3CCNC3)CC12. The van der Waals surface area contributed by atoms with Gasteiger partial charge in [-0.15, -0.1) is 0 Å². The predicted molar refractivity (Wildman–Crippen MR) is 127 cm³/mol. The molecule has 1 heterocycles. The van der Waals surface area contributed by atoms with E-state index in [1.54, 1.807) is 7.11 Å². The molecular weight excluding hydrogens is 434 g/mol. The number of rotatable bonds is 5. The highest BCUT2D eigenvalue weighted by Crippen LogP contribution is 2.65. The Kier molecular flexibility index (Phi) is 6.46. The van der Waals surface area contributed by atoms with Crippen molar-refractivity contribution < 1.29 is 24.0 Å². The van der Waals surface area contributed by atoms with E-state index in [1.165, 1.54) is 6.92 Å². The molecule has 8 heteroatoms. The molecule has 1 aliphatic heterocycles. The molecule has 5 fully saturated rings. The summed E-state index contributed by atoms with van der Waals surface area (Å²) in [6, 6.07) is 0. The Morgan fingerprint density at radius 2 is 1.97 bits per heavy atom. The number of ketones is 1. The molecule has 7 unspecified atom stereocenters. The van der Waals surface area contributed by atoms with Crippen LogP contribution in [0.2, 0.25) is 0 Å².